The van der Waals surface area contributed by atoms with Crippen LogP contribution in [0.3, 0.4) is 0 Å². The summed E-state index contributed by atoms with van der Waals surface area (Å²) in [6.45, 7) is 3.39. The fraction of sp³-hybridized carbons (Fsp3) is 0.300. The van der Waals surface area contributed by atoms with E-state index in [1.807, 2.05) is 54.3 Å². The lowest BCUT2D eigenvalue weighted by molar-refractivity contribution is 0.0720. The number of aromatic nitrogens is 3. The van der Waals surface area contributed by atoms with Crippen molar-refractivity contribution in [3.05, 3.63) is 59.9 Å². The minimum atomic E-state index is 0.0876. The van der Waals surface area contributed by atoms with E-state index >= 15 is 0 Å². The number of amides is 1. The smallest absolute Gasteiger partial charge is 0.254 e. The number of anilines is 1. The zero-order valence-electron chi connectivity index (χ0n) is 14.7. The molecule has 132 valence electrons. The van der Waals surface area contributed by atoms with Gasteiger partial charge < -0.3 is 10.2 Å². The van der Waals surface area contributed by atoms with Gasteiger partial charge in [0.15, 0.2) is 0 Å². The van der Waals surface area contributed by atoms with Gasteiger partial charge in [-0.1, -0.05) is 18.2 Å². The largest absolute Gasteiger partial charge is 0.366 e. The highest BCUT2D eigenvalue weighted by Gasteiger charge is 2.25. The Morgan fingerprint density at radius 1 is 1.15 bits per heavy atom. The predicted molar refractivity (Wildman–Crippen MR) is 101 cm³/mol. The second kappa shape index (κ2) is 7.07. The summed E-state index contributed by atoms with van der Waals surface area (Å²) >= 11 is 0. The van der Waals surface area contributed by atoms with Gasteiger partial charge in [0.1, 0.15) is 5.82 Å². The second-order valence-corrected chi connectivity index (χ2v) is 6.65. The number of carbonyl (C=O) groups is 1. The molecular formula is C20H21N5O. The van der Waals surface area contributed by atoms with Crippen LogP contribution in [0.1, 0.15) is 28.9 Å². The number of nitrogens with one attached hydrogen (secondary N) is 1. The summed E-state index contributed by atoms with van der Waals surface area (Å²) in [5, 5.41) is 12.3. The van der Waals surface area contributed by atoms with Crippen molar-refractivity contribution in [2.24, 2.45) is 0 Å². The first kappa shape index (κ1) is 16.4. The molecule has 1 saturated heterocycles. The summed E-state index contributed by atoms with van der Waals surface area (Å²) in [5.74, 6) is 0.873. The van der Waals surface area contributed by atoms with Crippen molar-refractivity contribution in [2.75, 3.05) is 18.4 Å². The number of aryl methyl sites for hydroxylation is 1. The first-order valence-electron chi connectivity index (χ1n) is 8.90. The number of benzene rings is 1. The van der Waals surface area contributed by atoms with Crippen molar-refractivity contribution in [2.45, 2.75) is 25.8 Å². The summed E-state index contributed by atoms with van der Waals surface area (Å²) < 4.78 is 0. The van der Waals surface area contributed by atoms with Crippen LogP contribution in [0.4, 0.5) is 5.82 Å². The monoisotopic (exact) mass is 347 g/mol. The van der Waals surface area contributed by atoms with Crippen LogP contribution < -0.4 is 5.32 Å². The van der Waals surface area contributed by atoms with Crippen LogP contribution >= 0.6 is 0 Å². The summed E-state index contributed by atoms with van der Waals surface area (Å²) in [4.78, 5) is 19.6. The second-order valence-electron chi connectivity index (χ2n) is 6.65. The Hall–Kier alpha value is -3.02. The van der Waals surface area contributed by atoms with Crippen molar-refractivity contribution in [1.82, 2.24) is 20.1 Å². The van der Waals surface area contributed by atoms with Gasteiger partial charge in [0, 0.05) is 36.4 Å². The number of hydrogen-bond acceptors (Lipinski definition) is 5. The molecule has 3 heterocycles. The lowest BCUT2D eigenvalue weighted by Gasteiger charge is -2.32. The van der Waals surface area contributed by atoms with E-state index in [0.717, 1.165) is 53.9 Å². The first-order valence-corrected chi connectivity index (χ1v) is 8.90. The molecule has 0 unspecified atom stereocenters. The third-order valence-corrected chi connectivity index (χ3v) is 4.78. The zero-order chi connectivity index (χ0) is 17.9. The normalized spacial score (nSPS) is 15.2. The highest BCUT2D eigenvalue weighted by atomic mass is 16.2. The van der Waals surface area contributed by atoms with Gasteiger partial charge in [0.2, 0.25) is 0 Å². The molecule has 1 N–H and O–H groups in total. The van der Waals surface area contributed by atoms with E-state index in [9.17, 15) is 4.79 Å². The van der Waals surface area contributed by atoms with Crippen LogP contribution in [-0.4, -0.2) is 45.1 Å². The Kier molecular flexibility index (Phi) is 4.48. The SMILES string of the molecule is Cc1cc(C(=O)N2CCC(Nc3cccnn3)CC2)c2ccccc2n1. The summed E-state index contributed by atoms with van der Waals surface area (Å²) in [6, 6.07) is 13.8. The first-order chi connectivity index (χ1) is 12.7. The lowest BCUT2D eigenvalue weighted by Crippen LogP contribution is -2.42. The van der Waals surface area contributed by atoms with E-state index in [2.05, 4.69) is 20.5 Å². The molecule has 0 saturated carbocycles. The topological polar surface area (TPSA) is 71.0 Å². The number of rotatable bonds is 3. The standard InChI is InChI=1S/C20H21N5O/c1-14-13-17(16-5-2-3-6-18(16)22-14)20(26)25-11-8-15(9-12-25)23-19-7-4-10-21-24-19/h2-7,10,13,15H,8-9,11-12H2,1H3,(H,23,24). The summed E-state index contributed by atoms with van der Waals surface area (Å²) in [7, 11) is 0. The number of nitrogens with zero attached hydrogens (tertiary/aromatic N) is 4. The third-order valence-electron chi connectivity index (χ3n) is 4.78. The quantitative estimate of drug-likeness (QED) is 0.788. The van der Waals surface area contributed by atoms with E-state index in [1.54, 1.807) is 6.20 Å². The molecular weight excluding hydrogens is 326 g/mol. The van der Waals surface area contributed by atoms with E-state index in [4.69, 9.17) is 0 Å². The Morgan fingerprint density at radius 2 is 1.96 bits per heavy atom. The van der Waals surface area contributed by atoms with Gasteiger partial charge in [-0.15, -0.1) is 5.10 Å². The van der Waals surface area contributed by atoms with E-state index in [0.29, 0.717) is 6.04 Å². The number of likely N-dealkylation sites (tertiary alicyclic amines) is 1. The highest BCUT2D eigenvalue weighted by Crippen LogP contribution is 2.22. The maximum Gasteiger partial charge on any atom is 0.254 e. The van der Waals surface area contributed by atoms with Crippen molar-refractivity contribution in [3.8, 4) is 0 Å². The van der Waals surface area contributed by atoms with E-state index < -0.39 is 0 Å². The Labute approximate surface area is 152 Å². The van der Waals surface area contributed by atoms with Gasteiger partial charge in [-0.3, -0.25) is 9.78 Å². The lowest BCUT2D eigenvalue weighted by atomic mass is 10.0. The van der Waals surface area contributed by atoms with Gasteiger partial charge in [-0.05, 0) is 44.0 Å². The van der Waals surface area contributed by atoms with Gasteiger partial charge in [-0.25, -0.2) is 0 Å². The molecule has 3 aromatic rings. The van der Waals surface area contributed by atoms with Crippen LogP contribution in [-0.2, 0) is 0 Å². The molecule has 2 aromatic heterocycles. The molecule has 0 bridgehead atoms. The minimum absolute atomic E-state index is 0.0876. The molecule has 1 aliphatic rings. The fourth-order valence-electron chi connectivity index (χ4n) is 3.47. The van der Waals surface area contributed by atoms with Crippen LogP contribution in [0.15, 0.2) is 48.7 Å². The van der Waals surface area contributed by atoms with Crippen molar-refractivity contribution in [1.29, 1.82) is 0 Å². The van der Waals surface area contributed by atoms with Crippen LogP contribution in [0, 0.1) is 6.92 Å². The molecule has 6 nitrogen and oxygen atoms in total. The highest BCUT2D eigenvalue weighted by molar-refractivity contribution is 6.06. The fourth-order valence-corrected chi connectivity index (χ4v) is 3.47. The van der Waals surface area contributed by atoms with E-state index in [-0.39, 0.29) is 5.91 Å². The van der Waals surface area contributed by atoms with Crippen molar-refractivity contribution >= 4 is 22.6 Å². The summed E-state index contributed by atoms with van der Waals surface area (Å²) in [5.41, 5.74) is 2.48. The number of fused-ring (bicyclic) bond motifs is 1. The number of carbonyl (C=O) groups excluding carboxylic acids is 1. The molecule has 6 heteroatoms. The molecule has 0 aliphatic carbocycles. The number of pyridine rings is 1. The average molecular weight is 347 g/mol. The molecule has 1 aliphatic heterocycles. The molecule has 1 aromatic carbocycles. The average Bonchev–Trinajstić information content (AvgIpc) is 2.68. The van der Waals surface area contributed by atoms with Crippen LogP contribution in [0.25, 0.3) is 10.9 Å². The zero-order valence-corrected chi connectivity index (χ0v) is 14.7. The molecule has 1 amide bonds. The van der Waals surface area contributed by atoms with Gasteiger partial charge >= 0.3 is 0 Å². The summed E-state index contributed by atoms with van der Waals surface area (Å²) in [6.07, 6.45) is 3.45. The third kappa shape index (κ3) is 3.35. The maximum absolute atomic E-state index is 13.1. The number of para-hydroxylation sites is 1. The molecule has 0 radical (unpaired) electrons. The predicted octanol–water partition coefficient (Wildman–Crippen LogP) is 3.05. The number of hydrogen-bond donors (Lipinski definition) is 1. The molecule has 26 heavy (non-hydrogen) atoms. The van der Waals surface area contributed by atoms with Crippen molar-refractivity contribution < 1.29 is 4.79 Å². The Bertz CT molecular complexity index is 920. The van der Waals surface area contributed by atoms with Gasteiger partial charge in [0.25, 0.3) is 5.91 Å². The van der Waals surface area contributed by atoms with Gasteiger partial charge in [-0.2, -0.15) is 5.10 Å². The van der Waals surface area contributed by atoms with Gasteiger partial charge in [0.05, 0.1) is 11.1 Å². The molecule has 4 rings (SSSR count). The Morgan fingerprint density at radius 3 is 2.73 bits per heavy atom. The van der Waals surface area contributed by atoms with E-state index in [1.165, 1.54) is 0 Å². The maximum atomic E-state index is 13.1. The van der Waals surface area contributed by atoms with Crippen LogP contribution in [0.5, 0.6) is 0 Å². The Balaban J connectivity index is 1.47. The van der Waals surface area contributed by atoms with Crippen LogP contribution in [0.2, 0.25) is 0 Å². The number of piperidine rings is 1. The molecule has 0 spiro atoms. The molecule has 1 fully saturated rings. The van der Waals surface area contributed by atoms with Crippen molar-refractivity contribution in [3.63, 3.8) is 0 Å². The molecule has 0 atom stereocenters. The minimum Gasteiger partial charge on any atom is -0.366 e.